The summed E-state index contributed by atoms with van der Waals surface area (Å²) in [7, 11) is 0. The summed E-state index contributed by atoms with van der Waals surface area (Å²) in [5.74, 6) is 3.73. The molecule has 0 bridgehead atoms. The molecule has 0 heterocycles. The van der Waals surface area contributed by atoms with Crippen molar-refractivity contribution in [2.45, 2.75) is 31.2 Å². The normalized spacial score (nSPS) is 12.1. The Morgan fingerprint density at radius 2 is 2.19 bits per heavy atom. The van der Waals surface area contributed by atoms with Gasteiger partial charge >= 0.3 is 0 Å². The second-order valence-electron chi connectivity index (χ2n) is 3.75. The van der Waals surface area contributed by atoms with Crippen molar-refractivity contribution in [3.8, 4) is 12.3 Å². The first-order valence-electron chi connectivity index (χ1n) is 5.66. The van der Waals surface area contributed by atoms with Gasteiger partial charge in [-0.1, -0.05) is 31.0 Å². The molecule has 0 aliphatic heterocycles. The first-order chi connectivity index (χ1) is 7.77. The molecule has 16 heavy (non-hydrogen) atoms. The van der Waals surface area contributed by atoms with Crippen molar-refractivity contribution in [3.63, 3.8) is 0 Å². The van der Waals surface area contributed by atoms with Gasteiger partial charge in [-0.3, -0.25) is 0 Å². The second-order valence-corrected chi connectivity index (χ2v) is 4.81. The lowest BCUT2D eigenvalue weighted by Gasteiger charge is -2.12. The van der Waals surface area contributed by atoms with Crippen molar-refractivity contribution in [2.24, 2.45) is 0 Å². The Kier molecular flexibility index (Phi) is 6.07. The highest BCUT2D eigenvalue weighted by atomic mass is 32.2. The van der Waals surface area contributed by atoms with Gasteiger partial charge in [0.1, 0.15) is 0 Å². The van der Waals surface area contributed by atoms with Gasteiger partial charge in [0.25, 0.3) is 0 Å². The van der Waals surface area contributed by atoms with Crippen molar-refractivity contribution in [1.82, 2.24) is 5.32 Å². The minimum Gasteiger partial charge on any atom is -0.303 e. The first kappa shape index (κ1) is 13.2. The molecule has 0 aliphatic carbocycles. The van der Waals surface area contributed by atoms with Crippen LogP contribution in [-0.2, 0) is 0 Å². The number of hydrogen-bond acceptors (Lipinski definition) is 2. The molecule has 0 amide bonds. The van der Waals surface area contributed by atoms with Crippen LogP contribution in [0.4, 0.5) is 0 Å². The third kappa shape index (κ3) is 4.30. The van der Waals surface area contributed by atoms with E-state index in [2.05, 4.69) is 49.4 Å². The van der Waals surface area contributed by atoms with E-state index in [1.807, 2.05) is 11.8 Å². The van der Waals surface area contributed by atoms with Crippen molar-refractivity contribution in [2.75, 3.05) is 12.3 Å². The second kappa shape index (κ2) is 7.38. The molecule has 0 spiro atoms. The maximum Gasteiger partial charge on any atom is 0.0782 e. The zero-order valence-electron chi connectivity index (χ0n) is 9.99. The predicted octanol–water partition coefficient (Wildman–Crippen LogP) is 3.09. The standard InChI is InChI=1S/C14H19NS/c1-4-10-15-13(5-2)11-16-14-9-7-6-8-12(14)3/h2,6-9,13,15H,4,10-11H2,1,3H3. The number of hydrogen-bond donors (Lipinski definition) is 1. The fraction of sp³-hybridized carbons (Fsp3) is 0.429. The molecule has 2 heteroatoms. The van der Waals surface area contributed by atoms with Crippen LogP contribution in [0.2, 0.25) is 0 Å². The predicted molar refractivity (Wildman–Crippen MR) is 72.8 cm³/mol. The van der Waals surface area contributed by atoms with Crippen LogP contribution in [0.1, 0.15) is 18.9 Å². The van der Waals surface area contributed by atoms with Gasteiger partial charge in [0.15, 0.2) is 0 Å². The minimum absolute atomic E-state index is 0.171. The molecule has 0 aliphatic rings. The molecule has 86 valence electrons. The summed E-state index contributed by atoms with van der Waals surface area (Å²) in [6, 6.07) is 8.58. The molecule has 1 atom stereocenters. The van der Waals surface area contributed by atoms with Gasteiger partial charge in [-0.25, -0.2) is 0 Å². The van der Waals surface area contributed by atoms with Gasteiger partial charge in [-0.2, -0.15) is 0 Å². The van der Waals surface area contributed by atoms with Crippen LogP contribution in [0, 0.1) is 19.3 Å². The average Bonchev–Trinajstić information content (AvgIpc) is 2.31. The number of terminal acetylenes is 1. The van der Waals surface area contributed by atoms with Crippen molar-refractivity contribution >= 4 is 11.8 Å². The van der Waals surface area contributed by atoms with Crippen molar-refractivity contribution in [1.29, 1.82) is 0 Å². The van der Waals surface area contributed by atoms with Crippen molar-refractivity contribution < 1.29 is 0 Å². The Labute approximate surface area is 103 Å². The lowest BCUT2D eigenvalue weighted by atomic mass is 10.2. The average molecular weight is 233 g/mol. The summed E-state index contributed by atoms with van der Waals surface area (Å²) in [5, 5.41) is 3.35. The molecule has 1 aromatic carbocycles. The molecule has 1 unspecified atom stereocenters. The van der Waals surface area contributed by atoms with Gasteiger partial charge in [0.05, 0.1) is 6.04 Å². The first-order valence-corrected chi connectivity index (χ1v) is 6.64. The van der Waals surface area contributed by atoms with Crippen LogP contribution in [0.15, 0.2) is 29.2 Å². The maximum atomic E-state index is 5.49. The quantitative estimate of drug-likeness (QED) is 0.598. The number of benzene rings is 1. The van der Waals surface area contributed by atoms with Gasteiger partial charge in [-0.15, -0.1) is 18.2 Å². The number of nitrogens with one attached hydrogen (secondary N) is 1. The van der Waals surface area contributed by atoms with Crippen LogP contribution < -0.4 is 5.32 Å². The monoisotopic (exact) mass is 233 g/mol. The smallest absolute Gasteiger partial charge is 0.0782 e. The third-order valence-electron chi connectivity index (χ3n) is 2.34. The number of thioether (sulfide) groups is 1. The Morgan fingerprint density at radius 1 is 1.44 bits per heavy atom. The zero-order valence-corrected chi connectivity index (χ0v) is 10.8. The maximum absolute atomic E-state index is 5.49. The topological polar surface area (TPSA) is 12.0 Å². The van der Waals surface area contributed by atoms with E-state index in [4.69, 9.17) is 6.42 Å². The fourth-order valence-corrected chi connectivity index (χ4v) is 2.41. The minimum atomic E-state index is 0.171. The highest BCUT2D eigenvalue weighted by Crippen LogP contribution is 2.22. The Balaban J connectivity index is 2.44. The summed E-state index contributed by atoms with van der Waals surface area (Å²) >= 11 is 1.83. The van der Waals surface area contributed by atoms with Crippen LogP contribution in [0.5, 0.6) is 0 Å². The lowest BCUT2D eigenvalue weighted by molar-refractivity contribution is 0.642. The highest BCUT2D eigenvalue weighted by Gasteiger charge is 2.05. The number of aryl methyl sites for hydroxylation is 1. The lowest BCUT2D eigenvalue weighted by Crippen LogP contribution is -2.30. The Morgan fingerprint density at radius 3 is 2.81 bits per heavy atom. The Bertz CT molecular complexity index is 354. The van der Waals surface area contributed by atoms with Crippen LogP contribution >= 0.6 is 11.8 Å². The van der Waals surface area contributed by atoms with Crippen molar-refractivity contribution in [3.05, 3.63) is 29.8 Å². The summed E-state index contributed by atoms with van der Waals surface area (Å²) < 4.78 is 0. The van der Waals surface area contributed by atoms with Crippen LogP contribution in [0.25, 0.3) is 0 Å². The summed E-state index contributed by atoms with van der Waals surface area (Å²) in [6.45, 7) is 5.27. The van der Waals surface area contributed by atoms with E-state index < -0.39 is 0 Å². The van der Waals surface area contributed by atoms with E-state index in [0.29, 0.717) is 0 Å². The van der Waals surface area contributed by atoms with Crippen LogP contribution in [0.3, 0.4) is 0 Å². The van der Waals surface area contributed by atoms with E-state index in [1.54, 1.807) is 0 Å². The van der Waals surface area contributed by atoms with Gasteiger partial charge < -0.3 is 5.32 Å². The summed E-state index contributed by atoms with van der Waals surface area (Å²) in [5.41, 5.74) is 1.32. The van der Waals surface area contributed by atoms with E-state index in [1.165, 1.54) is 10.5 Å². The summed E-state index contributed by atoms with van der Waals surface area (Å²) in [6.07, 6.45) is 6.61. The molecule has 0 radical (unpaired) electrons. The fourth-order valence-electron chi connectivity index (χ4n) is 1.38. The van der Waals surface area contributed by atoms with Crippen LogP contribution in [-0.4, -0.2) is 18.3 Å². The van der Waals surface area contributed by atoms with Gasteiger partial charge in [0.2, 0.25) is 0 Å². The molecular weight excluding hydrogens is 214 g/mol. The summed E-state index contributed by atoms with van der Waals surface area (Å²) in [4.78, 5) is 1.32. The molecule has 1 aromatic rings. The molecular formula is C14H19NS. The van der Waals surface area contributed by atoms with E-state index >= 15 is 0 Å². The van der Waals surface area contributed by atoms with E-state index in [-0.39, 0.29) is 6.04 Å². The SMILES string of the molecule is C#CC(CSc1ccccc1C)NCCC. The molecule has 0 saturated carbocycles. The largest absolute Gasteiger partial charge is 0.303 e. The molecule has 0 fully saturated rings. The molecule has 0 saturated heterocycles. The molecule has 1 N–H and O–H groups in total. The number of rotatable bonds is 6. The Hall–Kier alpha value is -0.910. The highest BCUT2D eigenvalue weighted by molar-refractivity contribution is 7.99. The molecule has 0 aromatic heterocycles. The van der Waals surface area contributed by atoms with E-state index in [9.17, 15) is 0 Å². The third-order valence-corrected chi connectivity index (χ3v) is 3.61. The van der Waals surface area contributed by atoms with Gasteiger partial charge in [0, 0.05) is 10.6 Å². The van der Waals surface area contributed by atoms with Gasteiger partial charge in [-0.05, 0) is 31.5 Å². The molecule has 1 rings (SSSR count). The zero-order chi connectivity index (χ0) is 11.8. The molecule has 1 nitrogen and oxygen atoms in total. The van der Waals surface area contributed by atoms with E-state index in [0.717, 1.165) is 18.7 Å².